The Balaban J connectivity index is 1.96. The van der Waals surface area contributed by atoms with Crippen LogP contribution in [0.25, 0.3) is 10.8 Å². The SMILES string of the molecule is O=S(=O)(O)c1ccc(Oc2cccc3ccccc23)cc1. The molecule has 5 heteroatoms. The van der Waals surface area contributed by atoms with Gasteiger partial charge in [0.1, 0.15) is 11.5 Å². The van der Waals surface area contributed by atoms with Crippen molar-refractivity contribution in [1.82, 2.24) is 0 Å². The molecule has 0 atom stereocenters. The van der Waals surface area contributed by atoms with Crippen LogP contribution in [0.15, 0.2) is 71.6 Å². The van der Waals surface area contributed by atoms with Crippen LogP contribution in [0.3, 0.4) is 0 Å². The molecule has 0 aromatic heterocycles. The first-order valence-corrected chi connectivity index (χ1v) is 7.71. The highest BCUT2D eigenvalue weighted by molar-refractivity contribution is 7.85. The average molecular weight is 300 g/mol. The molecular formula is C16H12O4S. The zero-order chi connectivity index (χ0) is 14.9. The Kier molecular flexibility index (Phi) is 3.37. The fourth-order valence-electron chi connectivity index (χ4n) is 2.09. The summed E-state index contributed by atoms with van der Waals surface area (Å²) in [7, 11) is -4.18. The van der Waals surface area contributed by atoms with Gasteiger partial charge in [-0.1, -0.05) is 36.4 Å². The average Bonchev–Trinajstić information content (AvgIpc) is 2.47. The molecule has 106 valence electrons. The quantitative estimate of drug-likeness (QED) is 0.746. The predicted octanol–water partition coefficient (Wildman–Crippen LogP) is 3.88. The zero-order valence-electron chi connectivity index (χ0n) is 10.9. The van der Waals surface area contributed by atoms with Crippen LogP contribution in [-0.2, 0) is 10.1 Å². The van der Waals surface area contributed by atoms with Crippen molar-refractivity contribution in [2.24, 2.45) is 0 Å². The third-order valence-electron chi connectivity index (χ3n) is 3.10. The normalized spacial score (nSPS) is 11.5. The van der Waals surface area contributed by atoms with Crippen LogP contribution >= 0.6 is 0 Å². The third-order valence-corrected chi connectivity index (χ3v) is 3.97. The number of benzene rings is 3. The summed E-state index contributed by atoms with van der Waals surface area (Å²) in [6.45, 7) is 0. The van der Waals surface area contributed by atoms with Gasteiger partial charge in [0.25, 0.3) is 10.1 Å². The maximum absolute atomic E-state index is 11.0. The van der Waals surface area contributed by atoms with E-state index in [1.165, 1.54) is 24.3 Å². The zero-order valence-corrected chi connectivity index (χ0v) is 11.7. The molecular weight excluding hydrogens is 288 g/mol. The second-order valence-electron chi connectivity index (χ2n) is 4.53. The molecule has 0 aliphatic rings. The summed E-state index contributed by atoms with van der Waals surface area (Å²) in [5.41, 5.74) is 0. The lowest BCUT2D eigenvalue weighted by Crippen LogP contribution is -1.97. The van der Waals surface area contributed by atoms with Gasteiger partial charge in [-0.2, -0.15) is 8.42 Å². The van der Waals surface area contributed by atoms with Crippen LogP contribution in [0, 0.1) is 0 Å². The smallest absolute Gasteiger partial charge is 0.294 e. The van der Waals surface area contributed by atoms with Crippen molar-refractivity contribution in [3.8, 4) is 11.5 Å². The van der Waals surface area contributed by atoms with Crippen LogP contribution in [-0.4, -0.2) is 13.0 Å². The minimum absolute atomic E-state index is 0.159. The van der Waals surface area contributed by atoms with Crippen molar-refractivity contribution < 1.29 is 17.7 Å². The highest BCUT2D eigenvalue weighted by Gasteiger charge is 2.09. The fourth-order valence-corrected chi connectivity index (χ4v) is 2.57. The Labute approximate surface area is 122 Å². The topological polar surface area (TPSA) is 63.6 Å². The first kappa shape index (κ1) is 13.6. The second-order valence-corrected chi connectivity index (χ2v) is 5.95. The Morgan fingerprint density at radius 1 is 0.810 bits per heavy atom. The first-order valence-electron chi connectivity index (χ1n) is 6.27. The molecule has 21 heavy (non-hydrogen) atoms. The minimum atomic E-state index is -4.18. The van der Waals surface area contributed by atoms with Gasteiger partial charge in [-0.05, 0) is 35.7 Å². The molecule has 3 aromatic carbocycles. The fraction of sp³-hybridized carbons (Fsp3) is 0. The molecule has 0 aliphatic heterocycles. The monoisotopic (exact) mass is 300 g/mol. The van der Waals surface area contributed by atoms with E-state index < -0.39 is 10.1 Å². The molecule has 0 saturated carbocycles. The number of rotatable bonds is 3. The van der Waals surface area contributed by atoms with Crippen molar-refractivity contribution >= 4 is 20.9 Å². The van der Waals surface area contributed by atoms with Gasteiger partial charge in [-0.3, -0.25) is 4.55 Å². The van der Waals surface area contributed by atoms with Crippen LogP contribution in [0.2, 0.25) is 0 Å². The van der Waals surface area contributed by atoms with E-state index in [1.807, 2.05) is 42.5 Å². The Hall–Kier alpha value is -2.37. The van der Waals surface area contributed by atoms with E-state index in [1.54, 1.807) is 0 Å². The lowest BCUT2D eigenvalue weighted by Gasteiger charge is -2.09. The van der Waals surface area contributed by atoms with Crippen molar-refractivity contribution in [1.29, 1.82) is 0 Å². The standard InChI is InChI=1S/C16H12O4S/c17-21(18,19)14-10-8-13(9-11-14)20-16-7-3-5-12-4-1-2-6-15(12)16/h1-11H,(H,17,18,19). The van der Waals surface area contributed by atoms with E-state index in [4.69, 9.17) is 9.29 Å². The lowest BCUT2D eigenvalue weighted by atomic mass is 10.1. The van der Waals surface area contributed by atoms with E-state index in [-0.39, 0.29) is 4.90 Å². The molecule has 0 amide bonds. The van der Waals surface area contributed by atoms with Crippen molar-refractivity contribution in [3.63, 3.8) is 0 Å². The van der Waals surface area contributed by atoms with Gasteiger partial charge < -0.3 is 4.74 Å². The van der Waals surface area contributed by atoms with E-state index in [0.29, 0.717) is 11.5 Å². The van der Waals surface area contributed by atoms with Gasteiger partial charge in [0.05, 0.1) is 4.90 Å². The molecule has 3 rings (SSSR count). The molecule has 0 unspecified atom stereocenters. The summed E-state index contributed by atoms with van der Waals surface area (Å²) < 4.78 is 36.7. The molecule has 0 fully saturated rings. The van der Waals surface area contributed by atoms with Gasteiger partial charge in [0.2, 0.25) is 0 Å². The van der Waals surface area contributed by atoms with Crippen LogP contribution in [0.5, 0.6) is 11.5 Å². The third kappa shape index (κ3) is 2.89. The first-order chi connectivity index (χ1) is 10.0. The molecule has 0 bridgehead atoms. The van der Waals surface area contributed by atoms with Crippen molar-refractivity contribution in [3.05, 3.63) is 66.7 Å². The summed E-state index contributed by atoms with van der Waals surface area (Å²) >= 11 is 0. The Morgan fingerprint density at radius 2 is 1.48 bits per heavy atom. The van der Waals surface area contributed by atoms with Crippen molar-refractivity contribution in [2.75, 3.05) is 0 Å². The summed E-state index contributed by atoms with van der Waals surface area (Å²) in [5.74, 6) is 1.19. The molecule has 0 aliphatic carbocycles. The molecule has 4 nitrogen and oxygen atoms in total. The number of hydrogen-bond acceptors (Lipinski definition) is 3. The summed E-state index contributed by atoms with van der Waals surface area (Å²) in [4.78, 5) is -0.159. The molecule has 0 spiro atoms. The van der Waals surface area contributed by atoms with E-state index in [2.05, 4.69) is 0 Å². The van der Waals surface area contributed by atoms with Gasteiger partial charge in [-0.25, -0.2) is 0 Å². The van der Waals surface area contributed by atoms with Gasteiger partial charge in [0.15, 0.2) is 0 Å². The van der Waals surface area contributed by atoms with Crippen LogP contribution < -0.4 is 4.74 Å². The Morgan fingerprint density at radius 3 is 2.19 bits per heavy atom. The summed E-state index contributed by atoms with van der Waals surface area (Å²) in [6, 6.07) is 19.2. The molecule has 3 aromatic rings. The maximum Gasteiger partial charge on any atom is 0.294 e. The number of fused-ring (bicyclic) bond motifs is 1. The predicted molar refractivity (Wildman–Crippen MR) is 80.3 cm³/mol. The highest BCUT2D eigenvalue weighted by atomic mass is 32.2. The van der Waals surface area contributed by atoms with E-state index in [9.17, 15) is 8.42 Å². The second kappa shape index (κ2) is 5.20. The molecule has 0 radical (unpaired) electrons. The van der Waals surface area contributed by atoms with E-state index in [0.717, 1.165) is 10.8 Å². The van der Waals surface area contributed by atoms with E-state index >= 15 is 0 Å². The molecule has 0 saturated heterocycles. The van der Waals surface area contributed by atoms with Crippen molar-refractivity contribution in [2.45, 2.75) is 4.90 Å². The summed E-state index contributed by atoms with van der Waals surface area (Å²) in [5, 5.41) is 2.03. The molecule has 1 N–H and O–H groups in total. The highest BCUT2D eigenvalue weighted by Crippen LogP contribution is 2.30. The maximum atomic E-state index is 11.0. The number of hydrogen-bond donors (Lipinski definition) is 1. The Bertz CT molecular complexity index is 878. The van der Waals surface area contributed by atoms with Gasteiger partial charge in [-0.15, -0.1) is 0 Å². The minimum Gasteiger partial charge on any atom is -0.457 e. The molecule has 0 heterocycles. The van der Waals surface area contributed by atoms with Crippen LogP contribution in [0.1, 0.15) is 0 Å². The van der Waals surface area contributed by atoms with Gasteiger partial charge >= 0.3 is 0 Å². The van der Waals surface area contributed by atoms with Crippen LogP contribution in [0.4, 0.5) is 0 Å². The van der Waals surface area contributed by atoms with Gasteiger partial charge in [0, 0.05) is 5.39 Å². The summed E-state index contributed by atoms with van der Waals surface area (Å²) in [6.07, 6.45) is 0. The lowest BCUT2D eigenvalue weighted by molar-refractivity contribution is 0.480. The number of ether oxygens (including phenoxy) is 1. The largest absolute Gasteiger partial charge is 0.457 e.